The molecule has 338 valence electrons. The van der Waals surface area contributed by atoms with Gasteiger partial charge in [-0.1, -0.05) is 156 Å². The van der Waals surface area contributed by atoms with E-state index in [1.165, 1.54) is 16.7 Å². The molecule has 4 nitrogen and oxygen atoms in total. The number of aromatic hydroxyl groups is 1. The Balaban J connectivity index is 0.000000785. The maximum absolute atomic E-state index is 8.96. The van der Waals surface area contributed by atoms with E-state index in [1.54, 1.807) is 12.1 Å². The van der Waals surface area contributed by atoms with E-state index >= 15 is 0 Å². The van der Waals surface area contributed by atoms with Gasteiger partial charge in [0, 0.05) is 23.2 Å². The Morgan fingerprint density at radius 2 is 0.767 bits per heavy atom. The minimum atomic E-state index is -1.74. The summed E-state index contributed by atoms with van der Waals surface area (Å²) in [7, 11) is -5.18. The van der Waals surface area contributed by atoms with E-state index in [0.717, 1.165) is 52.5 Å². The lowest BCUT2D eigenvalue weighted by Crippen LogP contribution is -2.43. The molecular formula is C48H75Br5O4Si3. The van der Waals surface area contributed by atoms with Gasteiger partial charge in [-0.25, -0.2) is 0 Å². The highest BCUT2D eigenvalue weighted by molar-refractivity contribution is 9.11. The summed E-state index contributed by atoms with van der Waals surface area (Å²) in [5, 5.41) is 10.5. The van der Waals surface area contributed by atoms with E-state index in [4.69, 9.17) is 18.4 Å². The summed E-state index contributed by atoms with van der Waals surface area (Å²) >= 11 is 17.3. The maximum atomic E-state index is 8.96. The van der Waals surface area contributed by atoms with E-state index < -0.39 is 25.0 Å². The van der Waals surface area contributed by atoms with Gasteiger partial charge >= 0.3 is 0 Å². The highest BCUT2D eigenvalue weighted by Gasteiger charge is 2.40. The number of phenolic OH excluding ortho intramolecular Hbond substituents is 1. The average molecular weight is 1200 g/mol. The third kappa shape index (κ3) is 20.8. The number of phenols is 1. The second-order valence-corrected chi connectivity index (χ2v) is 38.0. The molecule has 0 saturated carbocycles. The summed E-state index contributed by atoms with van der Waals surface area (Å²) in [5.41, 5.74) is 4.83. The standard InChI is InChI=1S/C14H23BrOSi.C13H20Br2OSi.C13H21BrOSi.C7H7BrO.CH4/c1-7-11-8-12(15)10-13(9-11)16-17(5,6)14(2,3)4;1-13(2,3)17(4,5)16-12-7-10(9-14)6-11(15)8-12;1-10-7-11(14)9-12(8-10)15-16(5,6)13(2,3)4;1-5-2-6(8)4-7(9)3-5;/h8-10H,7H2,1-6H3;6-8H,9H2,1-5H3;7-9H,1-6H3;2-4,9H,1H3;1H4. The molecular weight excluding hydrogens is 1120 g/mol. The van der Waals surface area contributed by atoms with Crippen molar-refractivity contribution in [3.8, 4) is 23.0 Å². The third-order valence-electron chi connectivity index (χ3n) is 11.0. The first-order chi connectivity index (χ1) is 26.6. The van der Waals surface area contributed by atoms with Crippen LogP contribution in [0.3, 0.4) is 0 Å². The minimum Gasteiger partial charge on any atom is -0.543 e. The Kier molecular flexibility index (Phi) is 24.1. The molecule has 0 atom stereocenters. The summed E-state index contributed by atoms with van der Waals surface area (Å²) in [6.07, 6.45) is 1.04. The van der Waals surface area contributed by atoms with Gasteiger partial charge in [0.2, 0.25) is 25.0 Å². The van der Waals surface area contributed by atoms with Gasteiger partial charge in [0.15, 0.2) is 0 Å². The second kappa shape index (κ2) is 24.4. The summed E-state index contributed by atoms with van der Waals surface area (Å²) < 4.78 is 23.0. The monoisotopic (exact) mass is 1190 g/mol. The lowest BCUT2D eigenvalue weighted by molar-refractivity contribution is 0.474. The van der Waals surface area contributed by atoms with Gasteiger partial charge < -0.3 is 18.4 Å². The van der Waals surface area contributed by atoms with Crippen LogP contribution in [0.15, 0.2) is 90.7 Å². The molecule has 0 amide bonds. The SMILES string of the molecule is C.CC(C)(C)[Si](C)(C)Oc1cc(Br)cc(CBr)c1.CCc1cc(Br)cc(O[Si](C)(C)C(C)(C)C)c1.Cc1cc(Br)cc(O[Si](C)(C)C(C)(C)C)c1.Cc1cc(O)cc(Br)c1. The number of alkyl halides is 1. The van der Waals surface area contributed by atoms with Gasteiger partial charge in [0.05, 0.1) is 0 Å². The molecule has 0 unspecified atom stereocenters. The van der Waals surface area contributed by atoms with E-state index in [0.29, 0.717) is 5.75 Å². The number of hydrogen-bond acceptors (Lipinski definition) is 4. The van der Waals surface area contributed by atoms with Crippen LogP contribution < -0.4 is 13.3 Å². The Bertz CT molecular complexity index is 1800. The molecule has 0 aliphatic carbocycles. The van der Waals surface area contributed by atoms with Crippen molar-refractivity contribution in [3.63, 3.8) is 0 Å². The van der Waals surface area contributed by atoms with Crippen molar-refractivity contribution in [1.82, 2.24) is 0 Å². The first-order valence-corrected chi connectivity index (χ1v) is 33.1. The summed E-state index contributed by atoms with van der Waals surface area (Å²) in [6, 6.07) is 24.2. The van der Waals surface area contributed by atoms with E-state index in [2.05, 4.69) is 238 Å². The zero-order valence-electron chi connectivity index (χ0n) is 38.9. The van der Waals surface area contributed by atoms with E-state index in [1.807, 2.05) is 25.1 Å². The first kappa shape index (κ1) is 59.1. The fourth-order valence-corrected chi connectivity index (χ4v) is 10.0. The smallest absolute Gasteiger partial charge is 0.250 e. The van der Waals surface area contributed by atoms with Crippen LogP contribution >= 0.6 is 79.6 Å². The molecule has 4 aromatic rings. The fourth-order valence-electron chi connectivity index (χ4n) is 4.46. The molecule has 1 N–H and O–H groups in total. The molecule has 0 aliphatic heterocycles. The number of hydrogen-bond donors (Lipinski definition) is 1. The number of benzene rings is 4. The fraction of sp³-hybridized carbons (Fsp3) is 0.500. The molecule has 12 heteroatoms. The van der Waals surface area contributed by atoms with Crippen LogP contribution in [0.25, 0.3) is 0 Å². The van der Waals surface area contributed by atoms with Crippen molar-refractivity contribution >= 4 is 105 Å². The molecule has 0 fully saturated rings. The predicted octanol–water partition coefficient (Wildman–Crippen LogP) is 19.4. The highest BCUT2D eigenvalue weighted by atomic mass is 79.9. The van der Waals surface area contributed by atoms with Crippen molar-refractivity contribution in [3.05, 3.63) is 113 Å². The van der Waals surface area contributed by atoms with Gasteiger partial charge in [-0.05, 0) is 170 Å². The van der Waals surface area contributed by atoms with Crippen LogP contribution in [0.4, 0.5) is 0 Å². The van der Waals surface area contributed by atoms with E-state index in [9.17, 15) is 0 Å². The van der Waals surface area contributed by atoms with Crippen LogP contribution in [-0.2, 0) is 11.8 Å². The zero-order valence-corrected chi connectivity index (χ0v) is 49.8. The van der Waals surface area contributed by atoms with Gasteiger partial charge in [-0.15, -0.1) is 0 Å². The molecule has 0 aliphatic rings. The summed E-state index contributed by atoms with van der Waals surface area (Å²) in [5.74, 6) is 3.27. The number of rotatable bonds is 8. The predicted molar refractivity (Wildman–Crippen MR) is 290 cm³/mol. The van der Waals surface area contributed by atoms with Crippen molar-refractivity contribution in [2.75, 3.05) is 0 Å². The van der Waals surface area contributed by atoms with Crippen molar-refractivity contribution < 1.29 is 18.4 Å². The van der Waals surface area contributed by atoms with Gasteiger partial charge in [0.1, 0.15) is 23.0 Å². The van der Waals surface area contributed by atoms with Gasteiger partial charge in [-0.3, -0.25) is 0 Å². The highest BCUT2D eigenvalue weighted by Crippen LogP contribution is 2.40. The van der Waals surface area contributed by atoms with Crippen LogP contribution in [0, 0.1) is 13.8 Å². The normalized spacial score (nSPS) is 12.0. The lowest BCUT2D eigenvalue weighted by Gasteiger charge is -2.36. The minimum absolute atomic E-state index is 0. The molecule has 0 bridgehead atoms. The van der Waals surface area contributed by atoms with Crippen LogP contribution in [0.2, 0.25) is 54.4 Å². The van der Waals surface area contributed by atoms with Crippen LogP contribution in [0.5, 0.6) is 23.0 Å². The maximum Gasteiger partial charge on any atom is 0.250 e. The molecule has 0 radical (unpaired) electrons. The summed E-state index contributed by atoms with van der Waals surface area (Å²) in [4.78, 5) is 0. The van der Waals surface area contributed by atoms with Gasteiger partial charge in [0.25, 0.3) is 0 Å². The molecule has 4 rings (SSSR count). The molecule has 0 spiro atoms. The Labute approximate surface area is 411 Å². The topological polar surface area (TPSA) is 47.9 Å². The number of aryl methyl sites for hydroxylation is 3. The zero-order chi connectivity index (χ0) is 45.9. The molecule has 60 heavy (non-hydrogen) atoms. The first-order valence-electron chi connectivity index (χ1n) is 20.1. The second-order valence-electron chi connectivity index (χ2n) is 19.6. The quantitative estimate of drug-likeness (QED) is 0.141. The average Bonchev–Trinajstić information content (AvgIpc) is 3.01. The Morgan fingerprint density at radius 3 is 1.07 bits per heavy atom. The van der Waals surface area contributed by atoms with Crippen molar-refractivity contribution in [2.45, 2.75) is 157 Å². The van der Waals surface area contributed by atoms with Crippen molar-refractivity contribution in [2.24, 2.45) is 0 Å². The largest absolute Gasteiger partial charge is 0.543 e. The van der Waals surface area contributed by atoms with Crippen LogP contribution in [0.1, 0.15) is 98.9 Å². The number of halogens is 5. The van der Waals surface area contributed by atoms with Crippen molar-refractivity contribution in [1.29, 1.82) is 0 Å². The third-order valence-corrected chi connectivity index (χ3v) is 26.6. The van der Waals surface area contributed by atoms with E-state index in [-0.39, 0.29) is 22.5 Å². The molecule has 0 heterocycles. The Morgan fingerprint density at radius 1 is 0.467 bits per heavy atom. The summed E-state index contributed by atoms with van der Waals surface area (Å²) in [6.45, 7) is 40.1. The Hall–Kier alpha value is -0.869. The molecule has 4 aromatic carbocycles. The molecule has 0 aromatic heterocycles. The van der Waals surface area contributed by atoms with Gasteiger partial charge in [-0.2, -0.15) is 0 Å². The lowest BCUT2D eigenvalue weighted by atomic mass is 10.2. The molecule has 0 saturated heterocycles. The van der Waals surface area contributed by atoms with Crippen LogP contribution in [-0.4, -0.2) is 30.1 Å².